The first-order valence-electron chi connectivity index (χ1n) is 8.36. The maximum absolute atomic E-state index is 11.0. The van der Waals surface area contributed by atoms with Gasteiger partial charge in [-0.1, -0.05) is 29.3 Å². The number of anilines is 1. The highest BCUT2D eigenvalue weighted by Gasteiger charge is 2.19. The Balaban J connectivity index is 1.60. The highest BCUT2D eigenvalue weighted by atomic mass is 35.5. The molecule has 26 heavy (non-hydrogen) atoms. The smallest absolute Gasteiger partial charge is 0.307 e. The first-order chi connectivity index (χ1) is 12.4. The largest absolute Gasteiger partial charge is 0.481 e. The van der Waals surface area contributed by atoms with Gasteiger partial charge in [0.15, 0.2) is 0 Å². The van der Waals surface area contributed by atoms with Gasteiger partial charge in [-0.05, 0) is 60.3 Å². The molecule has 2 aromatic rings. The predicted octanol–water partition coefficient (Wildman–Crippen LogP) is 4.76. The number of carboxylic acids is 1. The van der Waals surface area contributed by atoms with Crippen LogP contribution in [-0.4, -0.2) is 41.6 Å². The molecule has 7 heteroatoms. The lowest BCUT2D eigenvalue weighted by Crippen LogP contribution is -2.43. The number of benzene rings is 2. The number of carbonyl (C=O) groups is 1. The number of aliphatic carboxylic acids is 1. The Morgan fingerprint density at radius 1 is 1.08 bits per heavy atom. The summed E-state index contributed by atoms with van der Waals surface area (Å²) in [5.74, 6) is -0.800. The fraction of sp³-hybridized carbons (Fsp3) is 0.316. The van der Waals surface area contributed by atoms with E-state index in [9.17, 15) is 4.79 Å². The lowest BCUT2D eigenvalue weighted by molar-refractivity contribution is -0.136. The van der Waals surface area contributed by atoms with Gasteiger partial charge in [-0.2, -0.15) is 0 Å². The summed E-state index contributed by atoms with van der Waals surface area (Å²) in [7, 11) is 0. The number of nitrogens with zero attached hydrogens (tertiary/aromatic N) is 2. The first-order valence-corrected chi connectivity index (χ1v) is 9.89. The van der Waals surface area contributed by atoms with Gasteiger partial charge in [0.25, 0.3) is 0 Å². The Kier molecular flexibility index (Phi) is 6.35. The van der Waals surface area contributed by atoms with E-state index in [4.69, 9.17) is 28.3 Å². The number of aryl methyl sites for hydroxylation is 1. The summed E-state index contributed by atoms with van der Waals surface area (Å²) in [6.45, 7) is 5.57. The molecule has 1 aliphatic rings. The van der Waals surface area contributed by atoms with Crippen LogP contribution in [0.2, 0.25) is 10.0 Å². The third-order valence-corrected chi connectivity index (χ3v) is 6.23. The van der Waals surface area contributed by atoms with Crippen molar-refractivity contribution in [3.8, 4) is 0 Å². The molecule has 4 nitrogen and oxygen atoms in total. The van der Waals surface area contributed by atoms with Crippen LogP contribution in [0.25, 0.3) is 0 Å². The van der Waals surface area contributed by atoms with Gasteiger partial charge in [-0.25, -0.2) is 4.31 Å². The first kappa shape index (κ1) is 19.4. The Bertz CT molecular complexity index is 808. The quantitative estimate of drug-likeness (QED) is 0.719. The fourth-order valence-corrected chi connectivity index (χ4v) is 4.19. The minimum atomic E-state index is -0.800. The number of hydrogen-bond donors (Lipinski definition) is 1. The summed E-state index contributed by atoms with van der Waals surface area (Å²) in [4.78, 5) is 14.4. The summed E-state index contributed by atoms with van der Waals surface area (Å²) in [6.07, 6.45) is 0.0609. The lowest BCUT2D eigenvalue weighted by Gasteiger charge is -2.35. The molecule has 0 radical (unpaired) electrons. The van der Waals surface area contributed by atoms with E-state index in [2.05, 4.69) is 15.3 Å². The molecular weight excluding hydrogens is 391 g/mol. The van der Waals surface area contributed by atoms with Gasteiger partial charge >= 0.3 is 5.97 Å². The van der Waals surface area contributed by atoms with Crippen LogP contribution in [0.1, 0.15) is 11.1 Å². The highest BCUT2D eigenvalue weighted by Crippen LogP contribution is 2.30. The minimum Gasteiger partial charge on any atom is -0.481 e. The van der Waals surface area contributed by atoms with Gasteiger partial charge in [0.2, 0.25) is 0 Å². The zero-order valence-corrected chi connectivity index (χ0v) is 16.7. The average molecular weight is 411 g/mol. The normalized spacial score (nSPS) is 15.3. The molecule has 0 saturated carbocycles. The zero-order chi connectivity index (χ0) is 18.7. The monoisotopic (exact) mass is 410 g/mol. The molecule has 0 amide bonds. The van der Waals surface area contributed by atoms with Gasteiger partial charge in [-0.15, -0.1) is 0 Å². The maximum Gasteiger partial charge on any atom is 0.307 e. The van der Waals surface area contributed by atoms with Gasteiger partial charge in [0.05, 0.1) is 16.5 Å². The van der Waals surface area contributed by atoms with E-state index >= 15 is 0 Å². The van der Waals surface area contributed by atoms with Crippen molar-refractivity contribution in [2.75, 3.05) is 31.1 Å². The molecule has 1 aliphatic heterocycles. The van der Waals surface area contributed by atoms with Gasteiger partial charge in [0, 0.05) is 36.8 Å². The second kappa shape index (κ2) is 8.53. The molecule has 1 N–H and O–H groups in total. The number of piperazine rings is 1. The topological polar surface area (TPSA) is 43.8 Å². The number of carboxylic acid groups (broad SMARTS) is 1. The van der Waals surface area contributed by atoms with E-state index in [0.29, 0.717) is 10.0 Å². The molecule has 0 aromatic heterocycles. The summed E-state index contributed by atoms with van der Waals surface area (Å²) in [5.41, 5.74) is 2.97. The van der Waals surface area contributed by atoms with Crippen molar-refractivity contribution >= 4 is 46.8 Å². The molecule has 2 aromatic carbocycles. The molecule has 0 spiro atoms. The second-order valence-electron chi connectivity index (χ2n) is 6.26. The molecule has 1 heterocycles. The van der Waals surface area contributed by atoms with Gasteiger partial charge < -0.3 is 10.0 Å². The molecule has 1 fully saturated rings. The number of halogens is 2. The number of hydrogen-bond acceptors (Lipinski definition) is 4. The summed E-state index contributed by atoms with van der Waals surface area (Å²) in [6, 6.07) is 11.8. The van der Waals surface area contributed by atoms with Crippen molar-refractivity contribution in [2.24, 2.45) is 0 Å². The Hall–Kier alpha value is -1.40. The van der Waals surface area contributed by atoms with Crippen LogP contribution in [0, 0.1) is 6.92 Å². The standard InChI is InChI=1S/C19H20Cl2N2O2S/c1-13-2-4-16(10-14(13)11-19(24)25)26-23-8-6-22(7-9-23)15-3-5-17(20)18(21)12-15/h2-5,10,12H,6-9,11H2,1H3,(H,24,25). The van der Waals surface area contributed by atoms with E-state index in [-0.39, 0.29) is 6.42 Å². The van der Waals surface area contributed by atoms with Crippen molar-refractivity contribution in [3.63, 3.8) is 0 Å². The molecule has 0 aliphatic carbocycles. The maximum atomic E-state index is 11.0. The highest BCUT2D eigenvalue weighted by molar-refractivity contribution is 7.97. The van der Waals surface area contributed by atoms with Gasteiger partial charge in [0.1, 0.15) is 0 Å². The van der Waals surface area contributed by atoms with E-state index in [0.717, 1.165) is 47.9 Å². The zero-order valence-electron chi connectivity index (χ0n) is 14.4. The molecule has 138 valence electrons. The Labute approximate surface area is 167 Å². The second-order valence-corrected chi connectivity index (χ2v) is 8.25. The molecule has 0 bridgehead atoms. The average Bonchev–Trinajstić information content (AvgIpc) is 2.60. The molecule has 0 unspecified atom stereocenters. The van der Waals surface area contributed by atoms with Crippen LogP contribution in [0.4, 0.5) is 5.69 Å². The van der Waals surface area contributed by atoms with E-state index in [1.807, 2.05) is 37.3 Å². The van der Waals surface area contributed by atoms with Gasteiger partial charge in [-0.3, -0.25) is 4.79 Å². The summed E-state index contributed by atoms with van der Waals surface area (Å²) in [5, 5.41) is 10.2. The molecule has 0 atom stereocenters. The van der Waals surface area contributed by atoms with Crippen molar-refractivity contribution in [1.82, 2.24) is 4.31 Å². The van der Waals surface area contributed by atoms with Crippen molar-refractivity contribution in [3.05, 3.63) is 57.6 Å². The molecule has 1 saturated heterocycles. The van der Waals surface area contributed by atoms with Crippen LogP contribution >= 0.6 is 35.1 Å². The van der Waals surface area contributed by atoms with E-state index < -0.39 is 5.97 Å². The van der Waals surface area contributed by atoms with E-state index in [1.54, 1.807) is 11.9 Å². The van der Waals surface area contributed by atoms with Crippen molar-refractivity contribution < 1.29 is 9.90 Å². The van der Waals surface area contributed by atoms with E-state index in [1.165, 1.54) is 0 Å². The SMILES string of the molecule is Cc1ccc(SN2CCN(c3ccc(Cl)c(Cl)c3)CC2)cc1CC(=O)O. The molecule has 3 rings (SSSR count). The predicted molar refractivity (Wildman–Crippen MR) is 109 cm³/mol. The fourth-order valence-electron chi connectivity index (χ4n) is 2.93. The minimum absolute atomic E-state index is 0.0609. The van der Waals surface area contributed by atoms with Crippen molar-refractivity contribution in [2.45, 2.75) is 18.2 Å². The van der Waals surface area contributed by atoms with Crippen LogP contribution < -0.4 is 4.90 Å². The summed E-state index contributed by atoms with van der Waals surface area (Å²) >= 11 is 13.8. The van der Waals surface area contributed by atoms with Crippen LogP contribution in [-0.2, 0) is 11.2 Å². The van der Waals surface area contributed by atoms with Crippen LogP contribution in [0.3, 0.4) is 0 Å². The lowest BCUT2D eigenvalue weighted by atomic mass is 10.1. The van der Waals surface area contributed by atoms with Crippen LogP contribution in [0.15, 0.2) is 41.3 Å². The summed E-state index contributed by atoms with van der Waals surface area (Å²) < 4.78 is 2.31. The molecular formula is C19H20Cl2N2O2S. The number of rotatable bonds is 5. The van der Waals surface area contributed by atoms with Crippen LogP contribution in [0.5, 0.6) is 0 Å². The third kappa shape index (κ3) is 4.86. The Morgan fingerprint density at radius 2 is 1.81 bits per heavy atom. The van der Waals surface area contributed by atoms with Crippen molar-refractivity contribution in [1.29, 1.82) is 0 Å². The third-order valence-electron chi connectivity index (χ3n) is 4.40. The Morgan fingerprint density at radius 3 is 2.46 bits per heavy atom.